The van der Waals surface area contributed by atoms with Gasteiger partial charge in [0, 0.05) is 55.1 Å². The van der Waals surface area contributed by atoms with Crippen LogP contribution in [0.25, 0.3) is 16.8 Å². The van der Waals surface area contributed by atoms with E-state index in [2.05, 4.69) is 29.4 Å². The Bertz CT molecular complexity index is 1360. The second-order valence-electron chi connectivity index (χ2n) is 10.3. The van der Waals surface area contributed by atoms with E-state index in [4.69, 9.17) is 4.98 Å². The number of amides is 2. The molecular formula is C29H32N6O2. The lowest BCUT2D eigenvalue weighted by Gasteiger charge is -2.37. The third kappa shape index (κ3) is 5.80. The molecule has 1 aliphatic rings. The Kier molecular flexibility index (Phi) is 6.90. The van der Waals surface area contributed by atoms with Crippen molar-refractivity contribution in [3.05, 3.63) is 84.4 Å². The monoisotopic (exact) mass is 496 g/mol. The van der Waals surface area contributed by atoms with E-state index < -0.39 is 0 Å². The van der Waals surface area contributed by atoms with Gasteiger partial charge in [-0.3, -0.25) is 24.6 Å². The molecule has 0 spiro atoms. The first kappa shape index (κ1) is 24.5. The summed E-state index contributed by atoms with van der Waals surface area (Å²) in [6, 6.07) is 17.1. The van der Waals surface area contributed by atoms with Gasteiger partial charge in [0.15, 0.2) is 0 Å². The number of carbonyl (C=O) groups is 2. The zero-order valence-electron chi connectivity index (χ0n) is 21.3. The van der Waals surface area contributed by atoms with Crippen molar-refractivity contribution >= 4 is 17.8 Å². The lowest BCUT2D eigenvalue weighted by molar-refractivity contribution is -0.133. The molecule has 1 saturated heterocycles. The largest absolute Gasteiger partial charge is 0.343 e. The third-order valence-corrected chi connectivity index (χ3v) is 7.04. The maximum Gasteiger partial charge on any atom is 0.258 e. The molecule has 37 heavy (non-hydrogen) atoms. The lowest BCUT2D eigenvalue weighted by Crippen LogP contribution is -2.41. The molecule has 1 aliphatic heterocycles. The summed E-state index contributed by atoms with van der Waals surface area (Å²) < 4.78 is 1.86. The Balaban J connectivity index is 1.32. The van der Waals surface area contributed by atoms with E-state index in [1.165, 1.54) is 0 Å². The molecule has 5 rings (SSSR count). The van der Waals surface area contributed by atoms with Gasteiger partial charge in [-0.25, -0.2) is 4.98 Å². The highest BCUT2D eigenvalue weighted by molar-refractivity contribution is 6.04. The first-order valence-electron chi connectivity index (χ1n) is 12.7. The smallest absolute Gasteiger partial charge is 0.258 e. The molecule has 3 heterocycles. The topological polar surface area (TPSA) is 95.9 Å². The van der Waals surface area contributed by atoms with Crippen LogP contribution in [0.4, 0.5) is 5.95 Å². The standard InChI is InChI=1S/C29H32N6O2/c1-29(2)13-15-34(16-14-29)26(36)12-11-24-20-35(25-9-4-3-5-10-25)28(32-24)33-27(37)22-8-6-7-21(17-22)23-18-30-31-19-23/h3-10,17-20H,11-16H2,1-2H3,(H,30,31)(H,32,33,37). The molecule has 0 aliphatic carbocycles. The maximum absolute atomic E-state index is 13.2. The number of anilines is 1. The van der Waals surface area contributed by atoms with E-state index >= 15 is 0 Å². The molecule has 0 unspecified atom stereocenters. The van der Waals surface area contributed by atoms with Crippen molar-refractivity contribution in [2.45, 2.75) is 39.5 Å². The molecule has 2 amide bonds. The quantitative estimate of drug-likeness (QED) is 0.372. The number of nitrogens with one attached hydrogen (secondary N) is 2. The van der Waals surface area contributed by atoms with E-state index in [1.54, 1.807) is 18.5 Å². The Labute approximate surface area is 216 Å². The fourth-order valence-electron chi connectivity index (χ4n) is 4.60. The van der Waals surface area contributed by atoms with Gasteiger partial charge in [0.25, 0.3) is 5.91 Å². The lowest BCUT2D eigenvalue weighted by atomic mass is 9.82. The summed E-state index contributed by atoms with van der Waals surface area (Å²) in [5, 5.41) is 9.76. The number of benzene rings is 2. The van der Waals surface area contributed by atoms with Gasteiger partial charge in [0.05, 0.1) is 11.9 Å². The second-order valence-corrected chi connectivity index (χ2v) is 10.3. The average molecular weight is 497 g/mol. The van der Waals surface area contributed by atoms with E-state index in [9.17, 15) is 9.59 Å². The van der Waals surface area contributed by atoms with Crippen molar-refractivity contribution in [2.24, 2.45) is 5.41 Å². The van der Waals surface area contributed by atoms with Crippen LogP contribution in [0.5, 0.6) is 0 Å². The van der Waals surface area contributed by atoms with Crippen LogP contribution < -0.4 is 5.32 Å². The molecule has 0 bridgehead atoms. The van der Waals surface area contributed by atoms with Crippen LogP contribution in [-0.2, 0) is 11.2 Å². The normalized spacial score (nSPS) is 14.9. The number of nitrogens with zero attached hydrogens (tertiary/aromatic N) is 4. The molecule has 0 atom stereocenters. The number of imidazole rings is 1. The molecule has 8 heteroatoms. The van der Waals surface area contributed by atoms with Gasteiger partial charge in [-0.2, -0.15) is 5.10 Å². The van der Waals surface area contributed by atoms with Crippen LogP contribution >= 0.6 is 0 Å². The van der Waals surface area contributed by atoms with Crippen molar-refractivity contribution in [1.29, 1.82) is 0 Å². The highest BCUT2D eigenvalue weighted by atomic mass is 16.2. The van der Waals surface area contributed by atoms with E-state index in [0.717, 1.165) is 48.4 Å². The zero-order chi connectivity index (χ0) is 25.8. The predicted molar refractivity (Wildman–Crippen MR) is 143 cm³/mol. The van der Waals surface area contributed by atoms with E-state index in [1.807, 2.05) is 64.2 Å². The predicted octanol–water partition coefficient (Wildman–Crippen LogP) is 5.10. The Morgan fingerprint density at radius 3 is 2.54 bits per heavy atom. The van der Waals surface area contributed by atoms with Crippen molar-refractivity contribution in [2.75, 3.05) is 18.4 Å². The van der Waals surface area contributed by atoms with Gasteiger partial charge in [-0.1, -0.05) is 44.2 Å². The summed E-state index contributed by atoms with van der Waals surface area (Å²) in [5.41, 5.74) is 4.27. The molecule has 4 aromatic rings. The number of hydrogen-bond acceptors (Lipinski definition) is 4. The van der Waals surface area contributed by atoms with Crippen molar-refractivity contribution < 1.29 is 9.59 Å². The summed E-state index contributed by atoms with van der Waals surface area (Å²) in [4.78, 5) is 32.7. The summed E-state index contributed by atoms with van der Waals surface area (Å²) >= 11 is 0. The summed E-state index contributed by atoms with van der Waals surface area (Å²) in [6.45, 7) is 6.14. The number of piperidine rings is 1. The third-order valence-electron chi connectivity index (χ3n) is 7.04. The number of aromatic amines is 1. The molecule has 0 radical (unpaired) electrons. The average Bonchev–Trinajstić information content (AvgIpc) is 3.58. The summed E-state index contributed by atoms with van der Waals surface area (Å²) in [6.07, 6.45) is 8.37. The van der Waals surface area contributed by atoms with Crippen molar-refractivity contribution in [1.82, 2.24) is 24.6 Å². The number of carbonyl (C=O) groups excluding carboxylic acids is 2. The van der Waals surface area contributed by atoms with Crippen LogP contribution in [0, 0.1) is 5.41 Å². The highest BCUT2D eigenvalue weighted by Crippen LogP contribution is 2.30. The molecule has 8 nitrogen and oxygen atoms in total. The molecule has 0 saturated carbocycles. The molecule has 190 valence electrons. The van der Waals surface area contributed by atoms with Gasteiger partial charge in [-0.15, -0.1) is 0 Å². The molecular weight excluding hydrogens is 464 g/mol. The summed E-state index contributed by atoms with van der Waals surface area (Å²) in [7, 11) is 0. The SMILES string of the molecule is CC1(C)CCN(C(=O)CCc2cn(-c3ccccc3)c(NC(=O)c3cccc(-c4cn[nH]c4)c3)n2)CC1. The fourth-order valence-corrected chi connectivity index (χ4v) is 4.60. The Morgan fingerprint density at radius 2 is 1.81 bits per heavy atom. The first-order chi connectivity index (χ1) is 17.9. The van der Waals surface area contributed by atoms with Gasteiger partial charge in [0.1, 0.15) is 0 Å². The van der Waals surface area contributed by atoms with Crippen molar-refractivity contribution in [3.8, 4) is 16.8 Å². The van der Waals surface area contributed by atoms with Gasteiger partial charge in [-0.05, 0) is 48.1 Å². The minimum Gasteiger partial charge on any atom is -0.343 e. The van der Waals surface area contributed by atoms with Gasteiger partial charge in [0.2, 0.25) is 11.9 Å². The van der Waals surface area contributed by atoms with Crippen LogP contribution in [0.1, 0.15) is 49.2 Å². The highest BCUT2D eigenvalue weighted by Gasteiger charge is 2.27. The van der Waals surface area contributed by atoms with Gasteiger partial charge < -0.3 is 4.90 Å². The molecule has 2 N–H and O–H groups in total. The number of likely N-dealkylation sites (tertiary alicyclic amines) is 1. The van der Waals surface area contributed by atoms with Crippen LogP contribution in [-0.4, -0.2) is 49.6 Å². The minimum atomic E-state index is -0.258. The number of para-hydroxylation sites is 1. The number of rotatable bonds is 7. The maximum atomic E-state index is 13.2. The second kappa shape index (κ2) is 10.4. The van der Waals surface area contributed by atoms with Crippen LogP contribution in [0.2, 0.25) is 0 Å². The fraction of sp³-hybridized carbons (Fsp3) is 0.310. The molecule has 2 aromatic heterocycles. The van der Waals surface area contributed by atoms with Crippen LogP contribution in [0.3, 0.4) is 0 Å². The number of aromatic nitrogens is 4. The van der Waals surface area contributed by atoms with Gasteiger partial charge >= 0.3 is 0 Å². The van der Waals surface area contributed by atoms with E-state index in [0.29, 0.717) is 29.8 Å². The zero-order valence-corrected chi connectivity index (χ0v) is 21.3. The molecule has 1 fully saturated rings. The number of hydrogen-bond donors (Lipinski definition) is 2. The minimum absolute atomic E-state index is 0.159. The number of H-pyrrole nitrogens is 1. The van der Waals surface area contributed by atoms with Crippen LogP contribution in [0.15, 0.2) is 73.2 Å². The molecule has 2 aromatic carbocycles. The Morgan fingerprint density at radius 1 is 1.03 bits per heavy atom. The summed E-state index contributed by atoms with van der Waals surface area (Å²) in [5.74, 6) is 0.324. The number of aryl methyl sites for hydroxylation is 1. The van der Waals surface area contributed by atoms with E-state index in [-0.39, 0.29) is 11.8 Å². The van der Waals surface area contributed by atoms with Crippen molar-refractivity contribution in [3.63, 3.8) is 0 Å². The first-order valence-corrected chi connectivity index (χ1v) is 12.7. The Hall–Kier alpha value is -4.20.